The molecule has 2 aromatic heterocycles. The molecule has 8 nitrogen and oxygen atoms in total. The molecule has 0 unspecified atom stereocenters. The molecule has 1 saturated carbocycles. The Bertz CT molecular complexity index is 1190. The van der Waals surface area contributed by atoms with Crippen LogP contribution < -0.4 is 11.3 Å². The molecule has 1 aliphatic rings. The number of hydrogen-bond acceptors (Lipinski definition) is 7. The highest BCUT2D eigenvalue weighted by molar-refractivity contribution is 6.12. The summed E-state index contributed by atoms with van der Waals surface area (Å²) in [4.78, 5) is 42.5. The van der Waals surface area contributed by atoms with E-state index in [1.807, 2.05) is 12.1 Å². The lowest BCUT2D eigenvalue weighted by Gasteiger charge is -2.17. The van der Waals surface area contributed by atoms with Crippen molar-refractivity contribution in [1.82, 2.24) is 9.55 Å². The van der Waals surface area contributed by atoms with Crippen LogP contribution in [0, 0.1) is 0 Å². The SMILES string of the molecule is COC(=O)c1c(C(=O)OC)c2ccc(C3CC3)cc2n(-c2ccc(N)nc2)c1=O. The summed E-state index contributed by atoms with van der Waals surface area (Å²) in [5.74, 6) is -0.978. The zero-order chi connectivity index (χ0) is 20.7. The quantitative estimate of drug-likeness (QED) is 0.677. The highest BCUT2D eigenvalue weighted by Gasteiger charge is 2.30. The van der Waals surface area contributed by atoms with E-state index < -0.39 is 17.5 Å². The second kappa shape index (κ2) is 7.05. The van der Waals surface area contributed by atoms with E-state index in [0.717, 1.165) is 25.5 Å². The van der Waals surface area contributed by atoms with Gasteiger partial charge < -0.3 is 15.2 Å². The van der Waals surface area contributed by atoms with Gasteiger partial charge in [-0.3, -0.25) is 9.36 Å². The number of fused-ring (bicyclic) bond motifs is 1. The van der Waals surface area contributed by atoms with Crippen molar-refractivity contribution in [3.05, 3.63) is 63.6 Å². The lowest BCUT2D eigenvalue weighted by Crippen LogP contribution is -2.30. The van der Waals surface area contributed by atoms with Gasteiger partial charge in [-0.2, -0.15) is 0 Å². The van der Waals surface area contributed by atoms with Crippen LogP contribution >= 0.6 is 0 Å². The second-order valence-corrected chi connectivity index (χ2v) is 6.87. The Hall–Kier alpha value is -3.68. The third-order valence-corrected chi connectivity index (χ3v) is 5.06. The summed E-state index contributed by atoms with van der Waals surface area (Å²) < 4.78 is 11.0. The monoisotopic (exact) mass is 393 g/mol. The molecule has 148 valence electrons. The predicted molar refractivity (Wildman–Crippen MR) is 106 cm³/mol. The number of carbonyl (C=O) groups is 2. The van der Waals surface area contributed by atoms with Crippen LogP contribution in [0.15, 0.2) is 41.3 Å². The smallest absolute Gasteiger partial charge is 0.344 e. The molecule has 4 rings (SSSR count). The maximum absolute atomic E-state index is 13.4. The third kappa shape index (κ3) is 3.12. The van der Waals surface area contributed by atoms with Gasteiger partial charge in [-0.05, 0) is 42.5 Å². The highest BCUT2D eigenvalue weighted by atomic mass is 16.5. The lowest BCUT2D eigenvalue weighted by molar-refractivity contribution is 0.0555. The van der Waals surface area contributed by atoms with E-state index in [1.165, 1.54) is 17.9 Å². The van der Waals surface area contributed by atoms with Crippen molar-refractivity contribution in [3.63, 3.8) is 0 Å². The summed E-state index contributed by atoms with van der Waals surface area (Å²) in [5, 5.41) is 0.415. The number of nitrogen functional groups attached to an aromatic ring is 1. The molecule has 0 bridgehead atoms. The van der Waals surface area contributed by atoms with Gasteiger partial charge in [0, 0.05) is 5.39 Å². The maximum Gasteiger partial charge on any atom is 0.344 e. The van der Waals surface area contributed by atoms with Gasteiger partial charge in [0.2, 0.25) is 0 Å². The fourth-order valence-corrected chi connectivity index (χ4v) is 3.47. The topological polar surface area (TPSA) is 114 Å². The highest BCUT2D eigenvalue weighted by Crippen LogP contribution is 2.41. The van der Waals surface area contributed by atoms with Crippen LogP contribution in [-0.4, -0.2) is 35.7 Å². The van der Waals surface area contributed by atoms with Crippen molar-refractivity contribution < 1.29 is 19.1 Å². The zero-order valence-corrected chi connectivity index (χ0v) is 16.0. The van der Waals surface area contributed by atoms with E-state index in [9.17, 15) is 14.4 Å². The normalized spacial score (nSPS) is 13.3. The minimum absolute atomic E-state index is 0.110. The fourth-order valence-electron chi connectivity index (χ4n) is 3.47. The molecule has 29 heavy (non-hydrogen) atoms. The summed E-state index contributed by atoms with van der Waals surface area (Å²) >= 11 is 0. The molecule has 2 N–H and O–H groups in total. The van der Waals surface area contributed by atoms with Crippen LogP contribution in [0.1, 0.15) is 45.0 Å². The Balaban J connectivity index is 2.16. The van der Waals surface area contributed by atoms with Gasteiger partial charge in [0.15, 0.2) is 0 Å². The van der Waals surface area contributed by atoms with Crippen LogP contribution in [0.4, 0.5) is 5.82 Å². The third-order valence-electron chi connectivity index (χ3n) is 5.06. The molecule has 2 heterocycles. The first-order chi connectivity index (χ1) is 14.0. The molecule has 0 atom stereocenters. The molecule has 1 fully saturated rings. The first-order valence-corrected chi connectivity index (χ1v) is 9.07. The van der Waals surface area contributed by atoms with Gasteiger partial charge in [0.1, 0.15) is 11.4 Å². The number of pyridine rings is 2. The number of methoxy groups -OCH3 is 2. The molecule has 8 heteroatoms. The molecule has 0 amide bonds. The van der Waals surface area contributed by atoms with E-state index in [1.54, 1.807) is 18.2 Å². The number of carbonyl (C=O) groups excluding carboxylic acids is 2. The van der Waals surface area contributed by atoms with E-state index in [4.69, 9.17) is 15.2 Å². The van der Waals surface area contributed by atoms with Gasteiger partial charge in [0.05, 0.1) is 37.2 Å². The lowest BCUT2D eigenvalue weighted by atomic mass is 9.99. The number of anilines is 1. The van der Waals surface area contributed by atoms with Crippen LogP contribution in [-0.2, 0) is 9.47 Å². The van der Waals surface area contributed by atoms with Crippen molar-refractivity contribution in [2.45, 2.75) is 18.8 Å². The first-order valence-electron chi connectivity index (χ1n) is 9.07. The Morgan fingerprint density at radius 1 is 1.07 bits per heavy atom. The van der Waals surface area contributed by atoms with Gasteiger partial charge in [-0.25, -0.2) is 14.6 Å². The summed E-state index contributed by atoms with van der Waals surface area (Å²) in [6.45, 7) is 0. The molecule has 3 aromatic rings. The summed E-state index contributed by atoms with van der Waals surface area (Å²) in [6.07, 6.45) is 3.59. The second-order valence-electron chi connectivity index (χ2n) is 6.87. The van der Waals surface area contributed by atoms with Crippen molar-refractivity contribution in [2.75, 3.05) is 20.0 Å². The Labute approximate surface area is 165 Å². The van der Waals surface area contributed by atoms with Crippen molar-refractivity contribution in [1.29, 1.82) is 0 Å². The fraction of sp³-hybridized carbons (Fsp3) is 0.238. The van der Waals surface area contributed by atoms with E-state index in [2.05, 4.69) is 4.98 Å². The van der Waals surface area contributed by atoms with Crippen molar-refractivity contribution >= 4 is 28.7 Å². The number of aromatic nitrogens is 2. The molecule has 0 spiro atoms. The summed E-state index contributed by atoms with van der Waals surface area (Å²) in [5.41, 5.74) is 6.46. The van der Waals surface area contributed by atoms with Crippen LogP contribution in [0.5, 0.6) is 0 Å². The average molecular weight is 393 g/mol. The molecule has 1 aliphatic carbocycles. The Morgan fingerprint density at radius 2 is 1.76 bits per heavy atom. The minimum Gasteiger partial charge on any atom is -0.465 e. The molecule has 0 aliphatic heterocycles. The summed E-state index contributed by atoms with van der Waals surface area (Å²) in [7, 11) is 2.35. The Morgan fingerprint density at radius 3 is 2.34 bits per heavy atom. The standard InChI is InChI=1S/C21H19N3O5/c1-28-20(26)17-14-7-5-12(11-3-4-11)9-15(14)24(13-6-8-16(22)23-10-13)19(25)18(17)21(27)29-2/h5-11H,3-4H2,1-2H3,(H2,22,23). The largest absolute Gasteiger partial charge is 0.465 e. The average Bonchev–Trinajstić information content (AvgIpc) is 3.58. The number of nitrogens with zero attached hydrogens (tertiary/aromatic N) is 2. The van der Waals surface area contributed by atoms with Gasteiger partial charge in [0.25, 0.3) is 5.56 Å². The van der Waals surface area contributed by atoms with Crippen LogP contribution in [0.2, 0.25) is 0 Å². The van der Waals surface area contributed by atoms with Crippen LogP contribution in [0.25, 0.3) is 16.6 Å². The zero-order valence-electron chi connectivity index (χ0n) is 16.0. The van der Waals surface area contributed by atoms with Gasteiger partial charge in [-0.1, -0.05) is 12.1 Å². The molecular weight excluding hydrogens is 374 g/mol. The van der Waals surface area contributed by atoms with Crippen molar-refractivity contribution in [2.24, 2.45) is 0 Å². The maximum atomic E-state index is 13.4. The number of nitrogens with two attached hydrogens (primary N) is 1. The molecule has 1 aromatic carbocycles. The number of rotatable bonds is 4. The number of esters is 2. The molecule has 0 saturated heterocycles. The van der Waals surface area contributed by atoms with E-state index in [0.29, 0.717) is 28.3 Å². The van der Waals surface area contributed by atoms with E-state index in [-0.39, 0.29) is 11.1 Å². The predicted octanol–water partition coefficient (Wildman–Crippen LogP) is 2.42. The molecule has 0 radical (unpaired) electrons. The van der Waals surface area contributed by atoms with Crippen LogP contribution in [0.3, 0.4) is 0 Å². The Kier molecular flexibility index (Phi) is 4.54. The number of hydrogen-bond donors (Lipinski definition) is 1. The number of benzene rings is 1. The number of ether oxygens (including phenoxy) is 2. The van der Waals surface area contributed by atoms with Gasteiger partial charge >= 0.3 is 11.9 Å². The first kappa shape index (κ1) is 18.7. The van der Waals surface area contributed by atoms with E-state index >= 15 is 0 Å². The minimum atomic E-state index is -0.916. The summed E-state index contributed by atoms with van der Waals surface area (Å²) in [6, 6.07) is 8.71. The molecular formula is C21H19N3O5. The van der Waals surface area contributed by atoms with Crippen molar-refractivity contribution in [3.8, 4) is 5.69 Å². The van der Waals surface area contributed by atoms with Gasteiger partial charge in [-0.15, -0.1) is 0 Å².